The zero-order chi connectivity index (χ0) is 21.5. The van der Waals surface area contributed by atoms with Gasteiger partial charge in [-0.1, -0.05) is 34.6 Å². The third-order valence-electron chi connectivity index (χ3n) is 6.83. The lowest BCUT2D eigenvalue weighted by Crippen LogP contribution is -2.38. The Kier molecular flexibility index (Phi) is 5.58. The molecule has 0 aromatic carbocycles. The Hall–Kier alpha value is -2.23. The first-order valence-corrected chi connectivity index (χ1v) is 12.5. The van der Waals surface area contributed by atoms with Gasteiger partial charge in [0.2, 0.25) is 0 Å². The van der Waals surface area contributed by atoms with Gasteiger partial charge in [-0.2, -0.15) is 0 Å². The van der Waals surface area contributed by atoms with Gasteiger partial charge in [0.25, 0.3) is 5.91 Å². The van der Waals surface area contributed by atoms with Crippen LogP contribution in [0.15, 0.2) is 48.5 Å². The van der Waals surface area contributed by atoms with Crippen molar-refractivity contribution in [2.75, 3.05) is 19.6 Å². The molecule has 0 bridgehead atoms. The van der Waals surface area contributed by atoms with E-state index in [2.05, 4.69) is 64.9 Å². The summed E-state index contributed by atoms with van der Waals surface area (Å²) in [6.45, 7) is 9.87. The first-order valence-electron chi connectivity index (χ1n) is 11.5. The monoisotopic (exact) mass is 434 g/mol. The number of hydrogen-bond donors (Lipinski definition) is 0. The second kappa shape index (κ2) is 8.37. The van der Waals surface area contributed by atoms with Gasteiger partial charge in [0.15, 0.2) is 0 Å². The maximum absolute atomic E-state index is 13.1. The lowest BCUT2D eigenvalue weighted by atomic mass is 9.88. The first-order chi connectivity index (χ1) is 15.1. The zero-order valence-corrected chi connectivity index (χ0v) is 19.6. The van der Waals surface area contributed by atoms with E-state index in [1.807, 2.05) is 17.9 Å². The van der Waals surface area contributed by atoms with Crippen molar-refractivity contribution in [3.05, 3.63) is 65.3 Å². The third kappa shape index (κ3) is 3.90. The highest BCUT2D eigenvalue weighted by molar-refractivity contribution is 7.51. The number of allylic oxidation sites excluding steroid dienone is 2. The molecule has 6 heteroatoms. The van der Waals surface area contributed by atoms with Gasteiger partial charge in [-0.05, 0) is 79.8 Å². The molecule has 2 aromatic rings. The maximum atomic E-state index is 13.1. The molecule has 0 aliphatic carbocycles. The quantitative estimate of drug-likeness (QED) is 0.662. The molecule has 0 saturated carbocycles. The normalized spacial score (nSPS) is 23.4. The van der Waals surface area contributed by atoms with Crippen molar-refractivity contribution in [3.8, 4) is 0 Å². The SMILES string of the molecule is CCc1cc(C2=CC(=O)N3C=C(C4CCN(CC)CC4)C=CC3P2)cn2cc(C)nc12. The number of hydrogen-bond acceptors (Lipinski definition) is 3. The number of aryl methyl sites for hydroxylation is 2. The van der Waals surface area contributed by atoms with E-state index < -0.39 is 0 Å². The number of likely N-dealkylation sites (tertiary alicyclic amines) is 1. The minimum Gasteiger partial charge on any atom is -0.306 e. The van der Waals surface area contributed by atoms with Crippen molar-refractivity contribution in [2.24, 2.45) is 5.92 Å². The number of rotatable bonds is 4. The molecular weight excluding hydrogens is 403 g/mol. The van der Waals surface area contributed by atoms with Crippen molar-refractivity contribution in [3.63, 3.8) is 0 Å². The minimum absolute atomic E-state index is 0.103. The fourth-order valence-electron chi connectivity index (χ4n) is 4.99. The molecule has 0 radical (unpaired) electrons. The molecule has 2 unspecified atom stereocenters. The van der Waals surface area contributed by atoms with Crippen LogP contribution < -0.4 is 0 Å². The summed E-state index contributed by atoms with van der Waals surface area (Å²) in [6, 6.07) is 2.22. The van der Waals surface area contributed by atoms with E-state index in [0.717, 1.165) is 48.3 Å². The van der Waals surface area contributed by atoms with Crippen LogP contribution in [0.2, 0.25) is 0 Å². The van der Waals surface area contributed by atoms with Crippen LogP contribution in [0.4, 0.5) is 0 Å². The Morgan fingerprint density at radius 2 is 2.00 bits per heavy atom. The number of piperidine rings is 1. The van der Waals surface area contributed by atoms with Crippen molar-refractivity contribution >= 4 is 25.4 Å². The average molecular weight is 435 g/mol. The summed E-state index contributed by atoms with van der Waals surface area (Å²) in [5.41, 5.74) is 5.74. The minimum atomic E-state index is 0.103. The predicted octanol–water partition coefficient (Wildman–Crippen LogP) is 4.58. The Balaban J connectivity index is 1.40. The Bertz CT molecular complexity index is 1100. The summed E-state index contributed by atoms with van der Waals surface area (Å²) < 4.78 is 2.11. The molecule has 31 heavy (non-hydrogen) atoms. The zero-order valence-electron chi connectivity index (χ0n) is 18.6. The van der Waals surface area contributed by atoms with Crippen LogP contribution in [0.5, 0.6) is 0 Å². The standard InChI is InChI=1S/C25H31N4OP/c1-4-18-12-21(15-28-14-17(3)26-25(18)28)22-13-23(30)29-16-20(6-7-24(29)31-22)19-8-10-27(5-2)11-9-19/h6-7,12-16,19,24,31H,4-5,8-11H2,1-3H3. The fourth-order valence-corrected chi connectivity index (χ4v) is 6.35. The second-order valence-corrected chi connectivity index (χ2v) is 10.2. The highest BCUT2D eigenvalue weighted by Gasteiger charge is 2.31. The van der Waals surface area contributed by atoms with Crippen LogP contribution in [0.1, 0.15) is 43.5 Å². The number of amides is 1. The van der Waals surface area contributed by atoms with Crippen LogP contribution in [-0.4, -0.2) is 50.5 Å². The van der Waals surface area contributed by atoms with Gasteiger partial charge in [0.05, 0.1) is 11.5 Å². The van der Waals surface area contributed by atoms with Crippen LogP contribution in [0, 0.1) is 12.8 Å². The molecule has 1 saturated heterocycles. The highest BCUT2D eigenvalue weighted by Crippen LogP contribution is 2.45. The summed E-state index contributed by atoms with van der Waals surface area (Å²) in [5.74, 6) is 0.810. The van der Waals surface area contributed by atoms with Gasteiger partial charge in [0.1, 0.15) is 5.65 Å². The van der Waals surface area contributed by atoms with Gasteiger partial charge in [-0.15, -0.1) is 0 Å². The van der Waals surface area contributed by atoms with Gasteiger partial charge in [-0.3, -0.25) is 4.79 Å². The molecule has 5 heterocycles. The predicted molar refractivity (Wildman–Crippen MR) is 128 cm³/mol. The summed E-state index contributed by atoms with van der Waals surface area (Å²) in [4.78, 5) is 22.2. The molecule has 3 aliphatic rings. The van der Waals surface area contributed by atoms with E-state index >= 15 is 0 Å². The highest BCUT2D eigenvalue weighted by atomic mass is 31.1. The van der Waals surface area contributed by atoms with E-state index in [0.29, 0.717) is 14.5 Å². The van der Waals surface area contributed by atoms with Gasteiger partial charge in [-0.25, -0.2) is 4.98 Å². The molecule has 0 spiro atoms. The molecule has 162 valence electrons. The molecule has 2 aromatic heterocycles. The molecule has 5 nitrogen and oxygen atoms in total. The smallest absolute Gasteiger partial charge is 0.252 e. The Morgan fingerprint density at radius 3 is 2.74 bits per heavy atom. The molecule has 2 atom stereocenters. The Labute approximate surface area is 186 Å². The van der Waals surface area contributed by atoms with E-state index in [-0.39, 0.29) is 11.7 Å². The molecular formula is C25H31N4OP. The van der Waals surface area contributed by atoms with Gasteiger partial charge >= 0.3 is 0 Å². The average Bonchev–Trinajstić information content (AvgIpc) is 3.18. The molecule has 1 amide bonds. The lowest BCUT2D eigenvalue weighted by molar-refractivity contribution is -0.123. The van der Waals surface area contributed by atoms with Crippen LogP contribution in [-0.2, 0) is 11.2 Å². The lowest BCUT2D eigenvalue weighted by Gasteiger charge is -2.37. The van der Waals surface area contributed by atoms with Gasteiger partial charge in [0, 0.05) is 24.7 Å². The van der Waals surface area contributed by atoms with E-state index in [9.17, 15) is 4.79 Å². The van der Waals surface area contributed by atoms with Crippen LogP contribution in [0.3, 0.4) is 0 Å². The molecule has 3 aliphatic heterocycles. The van der Waals surface area contributed by atoms with Crippen molar-refractivity contribution < 1.29 is 4.79 Å². The number of pyridine rings is 1. The van der Waals surface area contributed by atoms with E-state index in [4.69, 9.17) is 0 Å². The largest absolute Gasteiger partial charge is 0.306 e. The van der Waals surface area contributed by atoms with E-state index in [1.54, 1.807) is 0 Å². The van der Waals surface area contributed by atoms with Crippen molar-refractivity contribution in [1.82, 2.24) is 19.2 Å². The maximum Gasteiger partial charge on any atom is 0.252 e. The summed E-state index contributed by atoms with van der Waals surface area (Å²) in [7, 11) is 0.549. The topological polar surface area (TPSA) is 40.9 Å². The summed E-state index contributed by atoms with van der Waals surface area (Å²) >= 11 is 0. The summed E-state index contributed by atoms with van der Waals surface area (Å²) in [6.07, 6.45) is 16.0. The number of aromatic nitrogens is 2. The number of imidazole rings is 1. The second-order valence-electron chi connectivity index (χ2n) is 8.81. The number of carbonyl (C=O) groups excluding carboxylic acids is 1. The molecule has 0 N–H and O–H groups in total. The fraction of sp³-hybridized carbons (Fsp3) is 0.440. The first kappa shape index (κ1) is 20.7. The van der Waals surface area contributed by atoms with Crippen molar-refractivity contribution in [2.45, 2.75) is 45.8 Å². The van der Waals surface area contributed by atoms with Gasteiger partial charge < -0.3 is 14.2 Å². The van der Waals surface area contributed by atoms with Crippen LogP contribution in [0.25, 0.3) is 11.0 Å². The summed E-state index contributed by atoms with van der Waals surface area (Å²) in [5, 5.41) is 1.15. The Morgan fingerprint density at radius 1 is 1.19 bits per heavy atom. The number of fused-ring (bicyclic) bond motifs is 2. The molecule has 1 fully saturated rings. The number of nitrogens with zero attached hydrogens (tertiary/aromatic N) is 4. The van der Waals surface area contributed by atoms with Crippen molar-refractivity contribution in [1.29, 1.82) is 0 Å². The van der Waals surface area contributed by atoms with Crippen LogP contribution >= 0.6 is 8.58 Å². The van der Waals surface area contributed by atoms with E-state index in [1.165, 1.54) is 24.0 Å². The number of carbonyl (C=O) groups is 1. The molecule has 5 rings (SSSR count). The third-order valence-corrected chi connectivity index (χ3v) is 8.34.